The summed E-state index contributed by atoms with van der Waals surface area (Å²) in [6, 6.07) is 3.00. The van der Waals surface area contributed by atoms with E-state index in [2.05, 4.69) is 31.5 Å². The van der Waals surface area contributed by atoms with E-state index in [-0.39, 0.29) is 11.7 Å². The third kappa shape index (κ3) is 3.99. The third-order valence-corrected chi connectivity index (χ3v) is 3.73. The second kappa shape index (κ2) is 6.45. The van der Waals surface area contributed by atoms with E-state index < -0.39 is 0 Å². The number of aryl methyl sites for hydroxylation is 1. The minimum atomic E-state index is -0.372. The lowest BCUT2D eigenvalue weighted by Gasteiger charge is -2.26. The molecule has 1 aliphatic heterocycles. The minimum Gasteiger partial charge on any atom is -0.325 e. The molecule has 1 aromatic carbocycles. The van der Waals surface area contributed by atoms with Gasteiger partial charge in [0.05, 0.1) is 11.0 Å². The minimum absolute atomic E-state index is 0.105. The smallest absolute Gasteiger partial charge is 0.238 e. The van der Waals surface area contributed by atoms with Gasteiger partial charge in [0, 0.05) is 31.9 Å². The van der Waals surface area contributed by atoms with Crippen LogP contribution in [0.15, 0.2) is 16.6 Å². The Kier molecular flexibility index (Phi) is 4.90. The number of halogens is 2. The van der Waals surface area contributed by atoms with Gasteiger partial charge in [-0.1, -0.05) is 0 Å². The summed E-state index contributed by atoms with van der Waals surface area (Å²) in [6.07, 6.45) is 0. The monoisotopic (exact) mass is 329 g/mol. The van der Waals surface area contributed by atoms with E-state index in [1.54, 1.807) is 6.07 Å². The Morgan fingerprint density at radius 1 is 1.47 bits per heavy atom. The molecule has 1 fully saturated rings. The fourth-order valence-corrected chi connectivity index (χ4v) is 2.50. The zero-order chi connectivity index (χ0) is 13.8. The maximum absolute atomic E-state index is 13.5. The number of hydrogen-bond donors (Lipinski definition) is 2. The highest BCUT2D eigenvalue weighted by Crippen LogP contribution is 2.23. The number of anilines is 1. The lowest BCUT2D eigenvalue weighted by molar-refractivity contribution is -0.117. The van der Waals surface area contributed by atoms with Crippen LogP contribution in [-0.2, 0) is 4.79 Å². The molecule has 1 aliphatic rings. The van der Waals surface area contributed by atoms with Crippen molar-refractivity contribution >= 4 is 27.5 Å². The fourth-order valence-electron chi connectivity index (χ4n) is 2.04. The number of nitrogens with zero attached hydrogens (tertiary/aromatic N) is 1. The molecule has 0 atom stereocenters. The molecule has 0 aromatic heterocycles. The van der Waals surface area contributed by atoms with Crippen LogP contribution in [0.4, 0.5) is 10.1 Å². The van der Waals surface area contributed by atoms with E-state index in [0.29, 0.717) is 16.7 Å². The number of benzene rings is 1. The summed E-state index contributed by atoms with van der Waals surface area (Å²) in [4.78, 5) is 14.0. The highest BCUT2D eigenvalue weighted by atomic mass is 79.9. The van der Waals surface area contributed by atoms with Gasteiger partial charge >= 0.3 is 0 Å². The van der Waals surface area contributed by atoms with Gasteiger partial charge in [-0.2, -0.15) is 0 Å². The van der Waals surface area contributed by atoms with Crippen molar-refractivity contribution in [2.24, 2.45) is 0 Å². The van der Waals surface area contributed by atoms with Gasteiger partial charge in [-0.05, 0) is 40.5 Å². The van der Waals surface area contributed by atoms with Crippen molar-refractivity contribution in [3.8, 4) is 0 Å². The molecule has 2 N–H and O–H groups in total. The number of piperazine rings is 1. The van der Waals surface area contributed by atoms with Crippen LogP contribution in [0.3, 0.4) is 0 Å². The predicted molar refractivity (Wildman–Crippen MR) is 76.8 cm³/mol. The molecular formula is C13H17BrFN3O. The molecule has 19 heavy (non-hydrogen) atoms. The summed E-state index contributed by atoms with van der Waals surface area (Å²) in [5, 5.41) is 6.00. The number of nitrogens with one attached hydrogen (secondary N) is 2. The quantitative estimate of drug-likeness (QED) is 0.887. The van der Waals surface area contributed by atoms with Crippen molar-refractivity contribution in [3.05, 3.63) is 28.0 Å². The van der Waals surface area contributed by atoms with Gasteiger partial charge in [-0.25, -0.2) is 4.39 Å². The number of hydrogen-bond acceptors (Lipinski definition) is 3. The van der Waals surface area contributed by atoms with Crippen LogP contribution >= 0.6 is 15.9 Å². The van der Waals surface area contributed by atoms with Gasteiger partial charge in [0.2, 0.25) is 5.91 Å². The second-order valence-electron chi connectivity index (χ2n) is 4.66. The lowest BCUT2D eigenvalue weighted by Crippen LogP contribution is -2.46. The molecule has 0 spiro atoms. The van der Waals surface area contributed by atoms with Crippen molar-refractivity contribution < 1.29 is 9.18 Å². The van der Waals surface area contributed by atoms with Crippen molar-refractivity contribution in [1.82, 2.24) is 10.2 Å². The molecule has 104 valence electrons. The van der Waals surface area contributed by atoms with Crippen molar-refractivity contribution in [2.75, 3.05) is 38.0 Å². The average molecular weight is 330 g/mol. The second-order valence-corrected chi connectivity index (χ2v) is 5.51. The maximum atomic E-state index is 13.5. The van der Waals surface area contributed by atoms with E-state index in [0.717, 1.165) is 31.7 Å². The lowest BCUT2D eigenvalue weighted by atomic mass is 10.2. The summed E-state index contributed by atoms with van der Waals surface area (Å²) in [7, 11) is 0. The van der Waals surface area contributed by atoms with Gasteiger partial charge in [0.1, 0.15) is 5.82 Å². The highest BCUT2D eigenvalue weighted by Gasteiger charge is 2.14. The predicted octanol–water partition coefficient (Wildman–Crippen LogP) is 1.74. The first-order valence-electron chi connectivity index (χ1n) is 6.25. The molecule has 1 amide bonds. The highest BCUT2D eigenvalue weighted by molar-refractivity contribution is 9.10. The van der Waals surface area contributed by atoms with Gasteiger partial charge in [-0.3, -0.25) is 9.69 Å². The summed E-state index contributed by atoms with van der Waals surface area (Å²) < 4.78 is 13.9. The van der Waals surface area contributed by atoms with E-state index in [9.17, 15) is 9.18 Å². The number of carbonyl (C=O) groups excluding carboxylic acids is 1. The van der Waals surface area contributed by atoms with Crippen LogP contribution in [0.25, 0.3) is 0 Å². The van der Waals surface area contributed by atoms with Crippen molar-refractivity contribution in [2.45, 2.75) is 6.92 Å². The summed E-state index contributed by atoms with van der Waals surface area (Å²) in [6.45, 7) is 5.71. The van der Waals surface area contributed by atoms with Crippen LogP contribution in [0.2, 0.25) is 0 Å². The Balaban J connectivity index is 1.96. The first-order valence-corrected chi connectivity index (χ1v) is 7.04. The first-order chi connectivity index (χ1) is 9.06. The number of rotatable bonds is 3. The molecular weight excluding hydrogens is 313 g/mol. The third-order valence-electron chi connectivity index (χ3n) is 3.12. The number of carbonyl (C=O) groups is 1. The van der Waals surface area contributed by atoms with E-state index in [1.165, 1.54) is 6.07 Å². The molecule has 0 saturated carbocycles. The average Bonchev–Trinajstić information content (AvgIpc) is 2.37. The SMILES string of the molecule is Cc1cc(Br)c(F)cc1NC(=O)CN1CCNCC1. The van der Waals surface area contributed by atoms with Crippen LogP contribution in [0, 0.1) is 12.7 Å². The molecule has 6 heteroatoms. The van der Waals surface area contributed by atoms with Gasteiger partial charge in [-0.15, -0.1) is 0 Å². The fraction of sp³-hybridized carbons (Fsp3) is 0.462. The Morgan fingerprint density at radius 3 is 2.84 bits per heavy atom. The zero-order valence-corrected chi connectivity index (χ0v) is 12.4. The van der Waals surface area contributed by atoms with Crippen LogP contribution in [0.1, 0.15) is 5.56 Å². The standard InChI is InChI=1S/C13H17BrFN3O/c1-9-6-10(14)11(15)7-12(9)17-13(19)8-18-4-2-16-3-5-18/h6-7,16H,2-5,8H2,1H3,(H,17,19). The molecule has 1 aromatic rings. The van der Waals surface area contributed by atoms with Crippen molar-refractivity contribution in [3.63, 3.8) is 0 Å². The van der Waals surface area contributed by atoms with E-state index >= 15 is 0 Å². The molecule has 0 aliphatic carbocycles. The normalized spacial score (nSPS) is 16.4. The Labute approximate surface area is 120 Å². The summed E-state index contributed by atoms with van der Waals surface area (Å²) in [5.74, 6) is -0.477. The summed E-state index contributed by atoms with van der Waals surface area (Å²) in [5.41, 5.74) is 1.36. The summed E-state index contributed by atoms with van der Waals surface area (Å²) >= 11 is 3.12. The molecule has 0 bridgehead atoms. The first kappa shape index (κ1) is 14.4. The van der Waals surface area contributed by atoms with Gasteiger partial charge in [0.25, 0.3) is 0 Å². The van der Waals surface area contributed by atoms with Crippen molar-refractivity contribution in [1.29, 1.82) is 0 Å². The van der Waals surface area contributed by atoms with Gasteiger partial charge < -0.3 is 10.6 Å². The van der Waals surface area contributed by atoms with Crippen LogP contribution in [0.5, 0.6) is 0 Å². The van der Waals surface area contributed by atoms with E-state index in [4.69, 9.17) is 0 Å². The Morgan fingerprint density at radius 2 is 2.16 bits per heavy atom. The molecule has 0 radical (unpaired) electrons. The molecule has 0 unspecified atom stereocenters. The molecule has 1 heterocycles. The van der Waals surface area contributed by atoms with Crippen LogP contribution < -0.4 is 10.6 Å². The van der Waals surface area contributed by atoms with E-state index in [1.807, 2.05) is 6.92 Å². The van der Waals surface area contributed by atoms with Crippen LogP contribution in [-0.4, -0.2) is 43.5 Å². The molecule has 4 nitrogen and oxygen atoms in total. The largest absolute Gasteiger partial charge is 0.325 e. The van der Waals surface area contributed by atoms with Gasteiger partial charge in [0.15, 0.2) is 0 Å². The Bertz CT molecular complexity index is 475. The topological polar surface area (TPSA) is 44.4 Å². The molecule has 2 rings (SSSR count). The molecule has 1 saturated heterocycles. The zero-order valence-electron chi connectivity index (χ0n) is 10.8. The Hall–Kier alpha value is -0.980. The maximum Gasteiger partial charge on any atom is 0.238 e. The number of amides is 1.